The van der Waals surface area contributed by atoms with E-state index in [4.69, 9.17) is 0 Å². The van der Waals surface area contributed by atoms with Gasteiger partial charge >= 0.3 is 0 Å². The maximum Gasteiger partial charge on any atom is 0.152 e. The minimum atomic E-state index is 0.581. The Bertz CT molecular complexity index is 735. The molecule has 2 aromatic carbocycles. The van der Waals surface area contributed by atoms with Gasteiger partial charge in [0.2, 0.25) is 0 Å². The first-order valence-corrected chi connectivity index (χ1v) is 5.40. The lowest BCUT2D eigenvalue weighted by atomic mass is 10.1. The van der Waals surface area contributed by atoms with Crippen molar-refractivity contribution in [2.24, 2.45) is 0 Å². The molecule has 0 radical (unpaired) electrons. The molecule has 0 saturated carbocycles. The molecule has 3 rings (SSSR count). The molecule has 0 aliphatic carbocycles. The van der Waals surface area contributed by atoms with Crippen LogP contribution in [0.1, 0.15) is 15.9 Å². The van der Waals surface area contributed by atoms with Crippen LogP contribution in [0.2, 0.25) is 0 Å². The van der Waals surface area contributed by atoms with Crippen LogP contribution in [0.15, 0.2) is 36.4 Å². The number of carbonyl (C=O) groups excluding carboxylic acids is 1. The molecular weight excluding hydrogens is 212 g/mol. The first-order valence-electron chi connectivity index (χ1n) is 5.40. The minimum Gasteiger partial charge on any atom is -0.298 e. The van der Waals surface area contributed by atoms with Crippen molar-refractivity contribution in [2.45, 2.75) is 6.92 Å². The van der Waals surface area contributed by atoms with Crippen molar-refractivity contribution in [3.05, 3.63) is 47.5 Å². The standard InChI is InChI=1S/C14H10N2O/c1-9-5-6-11-13(7-9)15-12-4-2-3-10(8-17)14(12)16-11/h2-8H,1H3. The van der Waals surface area contributed by atoms with Crippen LogP contribution in [0.5, 0.6) is 0 Å². The summed E-state index contributed by atoms with van der Waals surface area (Å²) in [5.41, 5.74) is 4.83. The second-order valence-electron chi connectivity index (χ2n) is 4.05. The summed E-state index contributed by atoms with van der Waals surface area (Å²) in [4.78, 5) is 20.0. The molecule has 0 N–H and O–H groups in total. The predicted molar refractivity (Wildman–Crippen MR) is 67.2 cm³/mol. The fourth-order valence-electron chi connectivity index (χ4n) is 1.92. The number of aryl methyl sites for hydroxylation is 1. The molecule has 1 heterocycles. The van der Waals surface area contributed by atoms with E-state index in [1.165, 1.54) is 0 Å². The van der Waals surface area contributed by atoms with E-state index in [0.29, 0.717) is 11.1 Å². The molecule has 0 aliphatic rings. The van der Waals surface area contributed by atoms with E-state index in [1.54, 1.807) is 6.07 Å². The number of benzene rings is 2. The van der Waals surface area contributed by atoms with E-state index in [-0.39, 0.29) is 0 Å². The lowest BCUT2D eigenvalue weighted by molar-refractivity contribution is 0.112. The van der Waals surface area contributed by atoms with Crippen LogP contribution in [0.3, 0.4) is 0 Å². The van der Waals surface area contributed by atoms with Crippen molar-refractivity contribution in [1.29, 1.82) is 0 Å². The molecule has 0 saturated heterocycles. The summed E-state index contributed by atoms with van der Waals surface area (Å²) in [5.74, 6) is 0. The van der Waals surface area contributed by atoms with Gasteiger partial charge in [0.1, 0.15) is 0 Å². The largest absolute Gasteiger partial charge is 0.298 e. The average molecular weight is 222 g/mol. The molecule has 0 amide bonds. The Hall–Kier alpha value is -2.29. The van der Waals surface area contributed by atoms with E-state index in [9.17, 15) is 4.79 Å². The summed E-state index contributed by atoms with van der Waals surface area (Å²) >= 11 is 0. The molecular formula is C14H10N2O. The Morgan fingerprint density at radius 2 is 1.88 bits per heavy atom. The monoisotopic (exact) mass is 222 g/mol. The van der Waals surface area contributed by atoms with Gasteiger partial charge in [-0.3, -0.25) is 4.79 Å². The van der Waals surface area contributed by atoms with Crippen LogP contribution in [-0.4, -0.2) is 16.3 Å². The molecule has 3 heteroatoms. The van der Waals surface area contributed by atoms with Gasteiger partial charge in [0.15, 0.2) is 6.29 Å². The molecule has 0 spiro atoms. The highest BCUT2D eigenvalue weighted by molar-refractivity contribution is 5.97. The summed E-state index contributed by atoms with van der Waals surface area (Å²) in [6, 6.07) is 11.4. The predicted octanol–water partition coefficient (Wildman–Crippen LogP) is 2.90. The number of fused-ring (bicyclic) bond motifs is 2. The maximum absolute atomic E-state index is 10.9. The lowest BCUT2D eigenvalue weighted by Crippen LogP contribution is -1.92. The second-order valence-corrected chi connectivity index (χ2v) is 4.05. The molecule has 0 fully saturated rings. The summed E-state index contributed by atoms with van der Waals surface area (Å²) < 4.78 is 0. The number of carbonyl (C=O) groups is 1. The number of nitrogens with zero attached hydrogens (tertiary/aromatic N) is 2. The van der Waals surface area contributed by atoms with Gasteiger partial charge < -0.3 is 0 Å². The summed E-state index contributed by atoms with van der Waals surface area (Å²) in [6.07, 6.45) is 0.817. The Morgan fingerprint density at radius 1 is 1.00 bits per heavy atom. The van der Waals surface area contributed by atoms with Gasteiger partial charge in [-0.15, -0.1) is 0 Å². The molecule has 1 aromatic heterocycles. The topological polar surface area (TPSA) is 42.9 Å². The highest BCUT2D eigenvalue weighted by Gasteiger charge is 2.05. The Balaban J connectivity index is 2.47. The van der Waals surface area contributed by atoms with Crippen LogP contribution in [0.25, 0.3) is 22.1 Å². The molecule has 0 unspecified atom stereocenters. The third kappa shape index (κ3) is 1.56. The average Bonchev–Trinajstić information content (AvgIpc) is 2.35. The summed E-state index contributed by atoms with van der Waals surface area (Å²) in [5, 5.41) is 0. The van der Waals surface area contributed by atoms with E-state index >= 15 is 0 Å². The summed E-state index contributed by atoms with van der Waals surface area (Å²) in [6.45, 7) is 2.02. The maximum atomic E-state index is 10.9. The zero-order chi connectivity index (χ0) is 11.8. The van der Waals surface area contributed by atoms with Crippen LogP contribution in [0.4, 0.5) is 0 Å². The van der Waals surface area contributed by atoms with Crippen molar-refractivity contribution in [3.63, 3.8) is 0 Å². The number of rotatable bonds is 1. The number of aromatic nitrogens is 2. The van der Waals surface area contributed by atoms with Gasteiger partial charge in [-0.05, 0) is 36.8 Å². The molecule has 3 nitrogen and oxygen atoms in total. The van der Waals surface area contributed by atoms with Gasteiger partial charge in [-0.25, -0.2) is 9.97 Å². The lowest BCUT2D eigenvalue weighted by Gasteiger charge is -2.03. The normalized spacial score (nSPS) is 10.9. The van der Waals surface area contributed by atoms with Gasteiger partial charge in [0, 0.05) is 5.56 Å². The Morgan fingerprint density at radius 3 is 2.71 bits per heavy atom. The van der Waals surface area contributed by atoms with Crippen molar-refractivity contribution < 1.29 is 4.79 Å². The number of hydrogen-bond donors (Lipinski definition) is 0. The van der Waals surface area contributed by atoms with E-state index in [1.807, 2.05) is 37.3 Å². The van der Waals surface area contributed by atoms with Gasteiger partial charge in [0.25, 0.3) is 0 Å². The summed E-state index contributed by atoms with van der Waals surface area (Å²) in [7, 11) is 0. The van der Waals surface area contributed by atoms with E-state index in [2.05, 4.69) is 9.97 Å². The van der Waals surface area contributed by atoms with Crippen LogP contribution in [-0.2, 0) is 0 Å². The zero-order valence-electron chi connectivity index (χ0n) is 9.34. The second kappa shape index (κ2) is 3.63. The smallest absolute Gasteiger partial charge is 0.152 e. The Kier molecular flexibility index (Phi) is 2.11. The molecule has 3 aromatic rings. The zero-order valence-corrected chi connectivity index (χ0v) is 9.34. The third-order valence-corrected chi connectivity index (χ3v) is 2.78. The van der Waals surface area contributed by atoms with Crippen molar-refractivity contribution in [2.75, 3.05) is 0 Å². The third-order valence-electron chi connectivity index (χ3n) is 2.78. The van der Waals surface area contributed by atoms with E-state index in [0.717, 1.165) is 28.4 Å². The molecule has 82 valence electrons. The molecule has 0 atom stereocenters. The first-order chi connectivity index (χ1) is 8.28. The highest BCUT2D eigenvalue weighted by Crippen LogP contribution is 2.19. The first kappa shape index (κ1) is 9.90. The minimum absolute atomic E-state index is 0.581. The molecule has 17 heavy (non-hydrogen) atoms. The van der Waals surface area contributed by atoms with Gasteiger partial charge in [0.05, 0.1) is 22.1 Å². The number of hydrogen-bond acceptors (Lipinski definition) is 3. The van der Waals surface area contributed by atoms with Crippen molar-refractivity contribution in [3.8, 4) is 0 Å². The van der Waals surface area contributed by atoms with Gasteiger partial charge in [-0.2, -0.15) is 0 Å². The van der Waals surface area contributed by atoms with E-state index < -0.39 is 0 Å². The SMILES string of the molecule is Cc1ccc2nc3c(C=O)cccc3nc2c1. The van der Waals surface area contributed by atoms with Crippen LogP contribution >= 0.6 is 0 Å². The Labute approximate surface area is 98.1 Å². The van der Waals surface area contributed by atoms with Crippen molar-refractivity contribution in [1.82, 2.24) is 9.97 Å². The quantitative estimate of drug-likeness (QED) is 0.469. The van der Waals surface area contributed by atoms with Crippen LogP contribution in [0, 0.1) is 6.92 Å². The highest BCUT2D eigenvalue weighted by atomic mass is 16.1. The molecule has 0 aliphatic heterocycles. The number of para-hydroxylation sites is 1. The van der Waals surface area contributed by atoms with Crippen molar-refractivity contribution >= 4 is 28.4 Å². The fourth-order valence-corrected chi connectivity index (χ4v) is 1.92. The van der Waals surface area contributed by atoms with Crippen LogP contribution < -0.4 is 0 Å². The fraction of sp³-hybridized carbons (Fsp3) is 0.0714. The molecule has 0 bridgehead atoms. The number of aldehydes is 1. The van der Waals surface area contributed by atoms with Gasteiger partial charge in [-0.1, -0.05) is 12.1 Å².